The molecule has 2 atom stereocenters. The highest BCUT2D eigenvalue weighted by Crippen LogP contribution is 2.38. The molecule has 1 heterocycles. The van der Waals surface area contributed by atoms with Crippen LogP contribution < -0.4 is 9.46 Å². The highest BCUT2D eigenvalue weighted by molar-refractivity contribution is 7.93. The van der Waals surface area contributed by atoms with Gasteiger partial charge in [-0.05, 0) is 42.4 Å². The van der Waals surface area contributed by atoms with Gasteiger partial charge in [-0.1, -0.05) is 25.0 Å². The summed E-state index contributed by atoms with van der Waals surface area (Å²) >= 11 is 0.768. The summed E-state index contributed by atoms with van der Waals surface area (Å²) in [5.74, 6) is -2.64. The quantitative estimate of drug-likeness (QED) is 0.505. The minimum atomic E-state index is -4.38. The normalized spacial score (nSPS) is 19.0. The number of hydrogen-bond donors (Lipinski definition) is 1. The minimum Gasteiger partial charge on any atom is -0.490 e. The molecule has 1 aliphatic carbocycles. The number of nitrogens with zero attached hydrogens (tertiary/aromatic N) is 2. The van der Waals surface area contributed by atoms with Crippen molar-refractivity contribution >= 4 is 26.7 Å². The third-order valence-electron chi connectivity index (χ3n) is 5.52. The summed E-state index contributed by atoms with van der Waals surface area (Å²) < 4.78 is 78.5. The fourth-order valence-corrected chi connectivity index (χ4v) is 5.70. The lowest BCUT2D eigenvalue weighted by Gasteiger charge is -2.32. The second-order valence-corrected chi connectivity index (χ2v) is 10.0. The Morgan fingerprint density at radius 2 is 1.81 bits per heavy atom. The van der Waals surface area contributed by atoms with Gasteiger partial charge in [0.25, 0.3) is 10.0 Å². The molecular formula is C21H20F3N3O3S2. The first-order valence-electron chi connectivity index (χ1n) is 10.0. The second-order valence-electron chi connectivity index (χ2n) is 7.58. The van der Waals surface area contributed by atoms with E-state index in [1.807, 2.05) is 0 Å². The Kier molecular flexibility index (Phi) is 6.66. The van der Waals surface area contributed by atoms with Crippen LogP contribution in [0, 0.1) is 23.4 Å². The largest absolute Gasteiger partial charge is 0.490 e. The second kappa shape index (κ2) is 9.45. The molecule has 0 radical (unpaired) electrons. The Labute approximate surface area is 187 Å². The Morgan fingerprint density at radius 1 is 1.06 bits per heavy atom. The average molecular weight is 484 g/mol. The number of hydrogen-bond acceptors (Lipinski definition) is 6. The van der Waals surface area contributed by atoms with Crippen molar-refractivity contribution in [1.82, 2.24) is 9.36 Å². The van der Waals surface area contributed by atoms with E-state index in [1.165, 1.54) is 12.1 Å². The molecule has 2 aromatic carbocycles. The van der Waals surface area contributed by atoms with Gasteiger partial charge in [-0.2, -0.15) is 4.37 Å². The molecule has 1 aliphatic rings. The number of halogens is 3. The molecule has 1 saturated carbocycles. The predicted molar refractivity (Wildman–Crippen MR) is 114 cm³/mol. The van der Waals surface area contributed by atoms with Crippen molar-refractivity contribution < 1.29 is 26.3 Å². The number of ether oxygens (including phenoxy) is 1. The predicted octanol–water partition coefficient (Wildman–Crippen LogP) is 5.11. The molecule has 32 heavy (non-hydrogen) atoms. The minimum absolute atomic E-state index is 0.0409. The van der Waals surface area contributed by atoms with Crippen molar-refractivity contribution in [3.8, 4) is 5.75 Å². The van der Waals surface area contributed by atoms with Gasteiger partial charge in [0.15, 0.2) is 11.6 Å². The van der Waals surface area contributed by atoms with Crippen LogP contribution >= 0.6 is 11.5 Å². The van der Waals surface area contributed by atoms with Gasteiger partial charge >= 0.3 is 0 Å². The molecule has 11 heteroatoms. The van der Waals surface area contributed by atoms with Crippen LogP contribution in [0.15, 0.2) is 47.6 Å². The van der Waals surface area contributed by atoms with Crippen LogP contribution in [0.4, 0.5) is 18.3 Å². The smallest absolute Gasteiger partial charge is 0.266 e. The Bertz CT molecular complexity index is 1170. The molecule has 4 rings (SSSR count). The highest BCUT2D eigenvalue weighted by Gasteiger charge is 2.28. The Hall–Kier alpha value is -2.66. The molecule has 1 aromatic heterocycles. The van der Waals surface area contributed by atoms with Gasteiger partial charge in [0.2, 0.25) is 5.13 Å². The lowest BCUT2D eigenvalue weighted by molar-refractivity contribution is 0.180. The SMILES string of the molecule is O=S(=O)(Nc1ncns1)c1cc(F)c(OC[C@@H]2CCCC[C@H]2c2ccc(F)cc2)cc1F. The molecule has 0 unspecified atom stereocenters. The van der Waals surface area contributed by atoms with E-state index in [2.05, 4.69) is 14.1 Å². The molecule has 1 N–H and O–H groups in total. The fraction of sp³-hybridized carbons (Fsp3) is 0.333. The van der Waals surface area contributed by atoms with Crippen molar-refractivity contribution in [2.24, 2.45) is 5.92 Å². The van der Waals surface area contributed by atoms with Crippen molar-refractivity contribution in [3.63, 3.8) is 0 Å². The number of anilines is 1. The number of sulfonamides is 1. The summed E-state index contributed by atoms with van der Waals surface area (Å²) in [5, 5.41) is -0.0609. The van der Waals surface area contributed by atoms with E-state index < -0.39 is 26.6 Å². The molecule has 0 bridgehead atoms. The van der Waals surface area contributed by atoms with E-state index in [-0.39, 0.29) is 35.1 Å². The van der Waals surface area contributed by atoms with E-state index >= 15 is 0 Å². The third-order valence-corrected chi connectivity index (χ3v) is 7.58. The lowest BCUT2D eigenvalue weighted by Crippen LogP contribution is -2.24. The van der Waals surface area contributed by atoms with Gasteiger partial charge in [-0.3, -0.25) is 4.72 Å². The summed E-state index contributed by atoms with van der Waals surface area (Å²) in [4.78, 5) is 2.82. The fourth-order valence-electron chi connectivity index (χ4n) is 3.97. The van der Waals surface area contributed by atoms with Crippen molar-refractivity contribution in [2.75, 3.05) is 11.3 Å². The first-order chi connectivity index (χ1) is 15.3. The summed E-state index contributed by atoms with van der Waals surface area (Å²) in [7, 11) is -4.38. The standard InChI is InChI=1S/C21H20F3N3O3S2/c22-15-7-5-13(6-8-15)16-4-2-1-3-14(16)11-30-19-9-18(24)20(10-17(19)23)32(28,29)27-21-25-12-26-31-21/h5-10,12,14,16H,1-4,11H2,(H,25,26,27)/t14-,16-/m0/s1. The van der Waals surface area contributed by atoms with Crippen molar-refractivity contribution in [3.05, 3.63) is 65.7 Å². The average Bonchev–Trinajstić information content (AvgIpc) is 3.27. The van der Waals surface area contributed by atoms with Crippen LogP contribution in [0.1, 0.15) is 37.2 Å². The third kappa shape index (κ3) is 5.04. The van der Waals surface area contributed by atoms with Gasteiger partial charge in [-0.25, -0.2) is 26.6 Å². The van der Waals surface area contributed by atoms with Gasteiger partial charge in [0.05, 0.1) is 6.61 Å². The number of benzene rings is 2. The Balaban J connectivity index is 1.49. The Morgan fingerprint density at radius 3 is 2.53 bits per heavy atom. The molecule has 3 aromatic rings. The van der Waals surface area contributed by atoms with Crippen molar-refractivity contribution in [1.29, 1.82) is 0 Å². The maximum Gasteiger partial charge on any atom is 0.266 e. The molecule has 0 saturated heterocycles. The van der Waals surface area contributed by atoms with E-state index in [0.717, 1.165) is 55.2 Å². The number of aromatic nitrogens is 2. The van der Waals surface area contributed by atoms with Crippen molar-refractivity contribution in [2.45, 2.75) is 36.5 Å². The zero-order valence-corrected chi connectivity index (χ0v) is 18.4. The maximum atomic E-state index is 14.6. The molecule has 0 aliphatic heterocycles. The van der Waals surface area contributed by atoms with Gasteiger partial charge in [-0.15, -0.1) is 0 Å². The summed E-state index contributed by atoms with van der Waals surface area (Å²) in [6.07, 6.45) is 4.88. The lowest BCUT2D eigenvalue weighted by atomic mass is 9.76. The topological polar surface area (TPSA) is 81.2 Å². The number of nitrogens with one attached hydrogen (secondary N) is 1. The van der Waals surface area contributed by atoms with Crippen LogP contribution in [0.25, 0.3) is 0 Å². The molecular weight excluding hydrogens is 463 g/mol. The van der Waals surface area contributed by atoms with Gasteiger partial charge < -0.3 is 4.74 Å². The number of rotatable bonds is 7. The molecule has 0 spiro atoms. The van der Waals surface area contributed by atoms with Crippen LogP contribution in [-0.4, -0.2) is 24.4 Å². The molecule has 6 nitrogen and oxygen atoms in total. The molecule has 1 fully saturated rings. The maximum absolute atomic E-state index is 14.6. The van der Waals surface area contributed by atoms with E-state index in [9.17, 15) is 21.6 Å². The van der Waals surface area contributed by atoms with Crippen LogP contribution in [-0.2, 0) is 10.0 Å². The summed E-state index contributed by atoms with van der Waals surface area (Å²) in [6, 6.07) is 7.62. The zero-order chi connectivity index (χ0) is 22.7. The van der Waals surface area contributed by atoms with E-state index in [0.29, 0.717) is 6.07 Å². The van der Waals surface area contributed by atoms with E-state index in [1.54, 1.807) is 12.1 Å². The summed E-state index contributed by atoms with van der Waals surface area (Å²) in [5.41, 5.74) is 0.982. The monoisotopic (exact) mass is 483 g/mol. The zero-order valence-electron chi connectivity index (χ0n) is 16.8. The highest BCUT2D eigenvalue weighted by atomic mass is 32.2. The van der Waals surface area contributed by atoms with Crippen LogP contribution in [0.3, 0.4) is 0 Å². The first kappa shape index (κ1) is 22.5. The molecule has 170 valence electrons. The first-order valence-corrected chi connectivity index (χ1v) is 12.3. The van der Waals surface area contributed by atoms with E-state index in [4.69, 9.17) is 4.74 Å². The van der Waals surface area contributed by atoms with Gasteiger partial charge in [0.1, 0.15) is 22.9 Å². The summed E-state index contributed by atoms with van der Waals surface area (Å²) in [6.45, 7) is 0.132. The van der Waals surface area contributed by atoms with Crippen LogP contribution in [0.5, 0.6) is 5.75 Å². The van der Waals surface area contributed by atoms with Gasteiger partial charge in [0, 0.05) is 23.7 Å². The molecule has 0 amide bonds. The van der Waals surface area contributed by atoms with Crippen LogP contribution in [0.2, 0.25) is 0 Å².